The highest BCUT2D eigenvalue weighted by Crippen LogP contribution is 2.25. The monoisotopic (exact) mass is 485 g/mol. The summed E-state index contributed by atoms with van der Waals surface area (Å²) < 4.78 is 3.76. The van der Waals surface area contributed by atoms with Gasteiger partial charge in [0, 0.05) is 26.3 Å². The van der Waals surface area contributed by atoms with Gasteiger partial charge in [-0.15, -0.1) is 34.2 Å². The number of nitrogens with one attached hydrogen (secondary N) is 2. The number of aliphatic imine (C=N–C) groups is 1. The van der Waals surface area contributed by atoms with Crippen molar-refractivity contribution in [2.45, 2.75) is 26.9 Å². The van der Waals surface area contributed by atoms with E-state index < -0.39 is 0 Å². The molecular weight excluding hydrogens is 464 g/mol. The lowest BCUT2D eigenvalue weighted by Crippen LogP contribution is -2.37. The van der Waals surface area contributed by atoms with E-state index in [1.165, 1.54) is 0 Å². The van der Waals surface area contributed by atoms with E-state index in [2.05, 4.69) is 25.8 Å². The maximum absolute atomic E-state index is 6.07. The lowest BCUT2D eigenvalue weighted by Gasteiger charge is -2.11. The van der Waals surface area contributed by atoms with E-state index in [1.807, 2.05) is 43.1 Å². The largest absolute Gasteiger partial charge is 0.357 e. The Kier molecular flexibility index (Phi) is 8.31. The van der Waals surface area contributed by atoms with Crippen molar-refractivity contribution in [2.24, 2.45) is 19.1 Å². The van der Waals surface area contributed by atoms with Gasteiger partial charge in [0.15, 0.2) is 11.8 Å². The van der Waals surface area contributed by atoms with Crippen molar-refractivity contribution >= 4 is 53.1 Å². The molecule has 10 heteroatoms. The molecule has 2 aromatic heterocycles. The molecule has 0 aliphatic carbocycles. The zero-order valence-corrected chi connectivity index (χ0v) is 17.9. The fraction of sp³-hybridized carbons (Fsp3) is 0.500. The van der Waals surface area contributed by atoms with Crippen molar-refractivity contribution in [3.63, 3.8) is 0 Å². The molecule has 0 aliphatic heterocycles. The quantitative estimate of drug-likeness (QED) is 0.388. The van der Waals surface area contributed by atoms with Crippen molar-refractivity contribution in [3.8, 4) is 0 Å². The molecule has 0 atom stereocenters. The Balaban J connectivity index is 0.00000288. The summed E-state index contributed by atoms with van der Waals surface area (Å²) >= 11 is 12.1. The van der Waals surface area contributed by atoms with E-state index in [9.17, 15) is 0 Å². The number of nitrogens with zero attached hydrogens (tertiary/aromatic N) is 5. The summed E-state index contributed by atoms with van der Waals surface area (Å²) in [6, 6.07) is 1.82. The molecule has 0 unspecified atom stereocenters. The highest BCUT2D eigenvalue weighted by atomic mass is 127. The number of hydrogen-bond acceptors (Lipinski definition) is 3. The lowest BCUT2D eigenvalue weighted by atomic mass is 10.4. The zero-order valence-electron chi connectivity index (χ0n) is 14.1. The van der Waals surface area contributed by atoms with Crippen molar-refractivity contribution in [1.82, 2.24) is 30.0 Å². The minimum Gasteiger partial charge on any atom is -0.357 e. The summed E-state index contributed by atoms with van der Waals surface area (Å²) in [7, 11) is 3.80. The Hall–Kier alpha value is -1.000. The molecule has 2 heterocycles. The van der Waals surface area contributed by atoms with Crippen LogP contribution in [0.2, 0.25) is 10.2 Å². The Morgan fingerprint density at radius 2 is 1.92 bits per heavy atom. The Bertz CT molecular complexity index is 708. The molecule has 0 bridgehead atoms. The molecule has 0 aliphatic rings. The molecule has 0 saturated carbocycles. The summed E-state index contributed by atoms with van der Waals surface area (Å²) in [5, 5.41) is 15.7. The third-order valence-corrected chi connectivity index (χ3v) is 4.40. The second-order valence-corrected chi connectivity index (χ2v) is 5.87. The lowest BCUT2D eigenvalue weighted by molar-refractivity contribution is 0.716. The molecule has 0 amide bonds. The molecule has 134 valence electrons. The van der Waals surface area contributed by atoms with Gasteiger partial charge in [-0.3, -0.25) is 0 Å². The third-order valence-electron chi connectivity index (χ3n) is 3.56. The third kappa shape index (κ3) is 5.00. The molecule has 0 saturated heterocycles. The van der Waals surface area contributed by atoms with E-state index in [0.717, 1.165) is 23.9 Å². The van der Waals surface area contributed by atoms with Gasteiger partial charge < -0.3 is 19.8 Å². The summed E-state index contributed by atoms with van der Waals surface area (Å²) in [5.74, 6) is 2.41. The van der Waals surface area contributed by atoms with Crippen LogP contribution in [0.1, 0.15) is 24.3 Å². The van der Waals surface area contributed by atoms with Gasteiger partial charge in [-0.25, -0.2) is 4.99 Å². The summed E-state index contributed by atoms with van der Waals surface area (Å²) in [5.41, 5.74) is 0.937. The average molecular weight is 486 g/mol. The molecule has 0 radical (unpaired) electrons. The molecule has 2 N–H and O–H groups in total. The molecule has 2 aromatic rings. The first kappa shape index (κ1) is 21.0. The Labute approximate surface area is 168 Å². The van der Waals surface area contributed by atoms with Crippen LogP contribution in [0, 0.1) is 6.92 Å². The highest BCUT2D eigenvalue weighted by Gasteiger charge is 2.09. The van der Waals surface area contributed by atoms with Crippen LogP contribution < -0.4 is 10.6 Å². The van der Waals surface area contributed by atoms with Crippen LogP contribution in [-0.4, -0.2) is 31.8 Å². The Morgan fingerprint density at radius 1 is 1.21 bits per heavy atom. The number of guanidine groups is 1. The second kappa shape index (κ2) is 9.47. The normalized spacial score (nSPS) is 11.3. The van der Waals surface area contributed by atoms with Crippen LogP contribution in [0.5, 0.6) is 0 Å². The number of rotatable bonds is 5. The number of aromatic nitrogens is 4. The fourth-order valence-corrected chi connectivity index (χ4v) is 2.43. The van der Waals surface area contributed by atoms with Gasteiger partial charge in [-0.1, -0.05) is 23.2 Å². The predicted molar refractivity (Wildman–Crippen MR) is 108 cm³/mol. The summed E-state index contributed by atoms with van der Waals surface area (Å²) in [6.07, 6.45) is 0. The predicted octanol–water partition coefficient (Wildman–Crippen LogP) is 2.64. The van der Waals surface area contributed by atoms with E-state index >= 15 is 0 Å². The maximum atomic E-state index is 6.07. The van der Waals surface area contributed by atoms with Crippen LogP contribution in [0.15, 0.2) is 11.1 Å². The standard InChI is InChI=1S/C14H21Cl2N7.HI/c1-5-17-14(19-8-12-21-20-9(2)22(12)3)18-7-10-6-11(15)13(16)23(10)4;/h6H,5,7-8H2,1-4H3,(H2,17,18,19);1H. The van der Waals surface area contributed by atoms with Crippen LogP contribution in [0.4, 0.5) is 0 Å². The van der Waals surface area contributed by atoms with Crippen LogP contribution >= 0.6 is 47.2 Å². The van der Waals surface area contributed by atoms with Crippen LogP contribution in [-0.2, 0) is 27.2 Å². The highest BCUT2D eigenvalue weighted by molar-refractivity contribution is 14.0. The number of aryl methyl sites for hydroxylation is 1. The van der Waals surface area contributed by atoms with E-state index in [4.69, 9.17) is 23.2 Å². The first-order valence-electron chi connectivity index (χ1n) is 7.30. The number of hydrogen-bond donors (Lipinski definition) is 2. The summed E-state index contributed by atoms with van der Waals surface area (Å²) in [6.45, 7) is 5.70. The van der Waals surface area contributed by atoms with E-state index in [-0.39, 0.29) is 24.0 Å². The van der Waals surface area contributed by atoms with Gasteiger partial charge in [0.25, 0.3) is 0 Å². The molecule has 0 aromatic carbocycles. The molecule has 2 rings (SSSR count). The van der Waals surface area contributed by atoms with Gasteiger partial charge in [-0.2, -0.15) is 0 Å². The molecular formula is C14H22Cl2IN7. The van der Waals surface area contributed by atoms with Crippen molar-refractivity contribution in [2.75, 3.05) is 6.54 Å². The van der Waals surface area contributed by atoms with E-state index in [0.29, 0.717) is 29.2 Å². The van der Waals surface area contributed by atoms with Crippen LogP contribution in [0.3, 0.4) is 0 Å². The smallest absolute Gasteiger partial charge is 0.192 e. The van der Waals surface area contributed by atoms with Gasteiger partial charge in [0.1, 0.15) is 11.0 Å². The van der Waals surface area contributed by atoms with Gasteiger partial charge in [0.2, 0.25) is 0 Å². The molecule has 0 spiro atoms. The minimum atomic E-state index is 0. The number of halogens is 3. The molecule has 24 heavy (non-hydrogen) atoms. The average Bonchev–Trinajstić information content (AvgIpc) is 2.97. The molecule has 0 fully saturated rings. The van der Waals surface area contributed by atoms with Crippen molar-refractivity contribution in [3.05, 3.63) is 33.6 Å². The Morgan fingerprint density at radius 3 is 2.42 bits per heavy atom. The maximum Gasteiger partial charge on any atom is 0.192 e. The van der Waals surface area contributed by atoms with E-state index in [1.54, 1.807) is 0 Å². The first-order chi connectivity index (χ1) is 10.9. The minimum absolute atomic E-state index is 0. The van der Waals surface area contributed by atoms with Crippen molar-refractivity contribution in [1.29, 1.82) is 0 Å². The topological polar surface area (TPSA) is 72.1 Å². The summed E-state index contributed by atoms with van der Waals surface area (Å²) in [4.78, 5) is 4.55. The van der Waals surface area contributed by atoms with Gasteiger partial charge in [0.05, 0.1) is 18.1 Å². The zero-order chi connectivity index (χ0) is 17.0. The fourth-order valence-electron chi connectivity index (χ4n) is 2.01. The van der Waals surface area contributed by atoms with Gasteiger partial charge in [-0.05, 0) is 19.9 Å². The molecule has 7 nitrogen and oxygen atoms in total. The van der Waals surface area contributed by atoms with Gasteiger partial charge >= 0.3 is 0 Å². The van der Waals surface area contributed by atoms with Crippen LogP contribution in [0.25, 0.3) is 0 Å². The first-order valence-corrected chi connectivity index (χ1v) is 8.06. The second-order valence-electron chi connectivity index (χ2n) is 5.10. The van der Waals surface area contributed by atoms with Crippen molar-refractivity contribution < 1.29 is 0 Å². The SMILES string of the molecule is CCNC(=NCc1cc(Cl)c(Cl)n1C)NCc1nnc(C)n1C.I.